The van der Waals surface area contributed by atoms with Gasteiger partial charge in [-0.05, 0) is 63.1 Å². The van der Waals surface area contributed by atoms with Crippen molar-refractivity contribution in [3.63, 3.8) is 0 Å². The van der Waals surface area contributed by atoms with Gasteiger partial charge in [0, 0.05) is 22.8 Å². The first kappa shape index (κ1) is 28.6. The molecule has 2 aromatic carbocycles. The quantitative estimate of drug-likeness (QED) is 0.246. The van der Waals surface area contributed by atoms with Crippen LogP contribution in [0.15, 0.2) is 54.7 Å². The van der Waals surface area contributed by atoms with E-state index in [9.17, 15) is 27.2 Å². The molecule has 5 heterocycles. The number of nitrogens with zero attached hydrogens (tertiary/aromatic N) is 3. The predicted molar refractivity (Wildman–Crippen MR) is 154 cm³/mol. The summed E-state index contributed by atoms with van der Waals surface area (Å²) in [7, 11) is -3.78. The number of ether oxygens (including phenoxy) is 2. The van der Waals surface area contributed by atoms with Crippen molar-refractivity contribution in [2.45, 2.75) is 56.2 Å². The van der Waals surface area contributed by atoms with Gasteiger partial charge in [0.25, 0.3) is 5.91 Å². The number of halogens is 2. The van der Waals surface area contributed by atoms with Gasteiger partial charge in [-0.15, -0.1) is 0 Å². The van der Waals surface area contributed by atoms with Crippen LogP contribution in [0.5, 0.6) is 5.75 Å². The molecule has 3 aliphatic rings. The maximum atomic E-state index is 13.4. The molecule has 14 heteroatoms. The van der Waals surface area contributed by atoms with E-state index in [2.05, 4.69) is 10.0 Å². The minimum atomic E-state index is -3.78. The molecule has 11 nitrogen and oxygen atoms in total. The number of carbonyl (C=O) groups is 1. The molecule has 0 saturated carbocycles. The van der Waals surface area contributed by atoms with E-state index >= 15 is 0 Å². The highest BCUT2D eigenvalue weighted by Crippen LogP contribution is 2.47. The number of hydrogen-bond acceptors (Lipinski definition) is 7. The number of pyridine rings is 1. The highest BCUT2D eigenvalue weighted by atomic mass is 32.2. The minimum Gasteiger partial charge on any atom is -0.618 e. The zero-order valence-corrected chi connectivity index (χ0v) is 24.8. The molecular formula is C30H29F2N5O6S. The van der Waals surface area contributed by atoms with Crippen molar-refractivity contribution in [2.24, 2.45) is 0 Å². The second kappa shape index (κ2) is 9.68. The van der Waals surface area contributed by atoms with Crippen LogP contribution in [0.4, 0.5) is 8.78 Å². The molecule has 7 rings (SSSR count). The number of benzene rings is 2. The Labute approximate surface area is 251 Å². The molecule has 1 fully saturated rings. The number of hydrogen-bond donors (Lipinski definition) is 2. The molecule has 2 bridgehead atoms. The van der Waals surface area contributed by atoms with Gasteiger partial charge in [-0.25, -0.2) is 13.4 Å². The maximum absolute atomic E-state index is 13.4. The van der Waals surface area contributed by atoms with Crippen LogP contribution in [0.3, 0.4) is 0 Å². The third kappa shape index (κ3) is 4.34. The molecule has 0 aliphatic carbocycles. The van der Waals surface area contributed by atoms with Gasteiger partial charge >= 0.3 is 6.61 Å². The molecule has 2 N–H and O–H groups in total. The fourth-order valence-electron chi connectivity index (χ4n) is 6.19. The van der Waals surface area contributed by atoms with Gasteiger partial charge in [0.2, 0.25) is 15.7 Å². The summed E-state index contributed by atoms with van der Waals surface area (Å²) in [5.41, 5.74) is 2.25. The third-order valence-corrected chi connectivity index (χ3v) is 10.8. The van der Waals surface area contributed by atoms with Crippen molar-refractivity contribution in [1.29, 1.82) is 0 Å². The van der Waals surface area contributed by atoms with Gasteiger partial charge in [0.1, 0.15) is 11.6 Å². The fraction of sp³-hybridized carbons (Fsp3) is 0.367. The summed E-state index contributed by atoms with van der Waals surface area (Å²) >= 11 is 0. The lowest BCUT2D eigenvalue weighted by Crippen LogP contribution is -2.65. The molecule has 0 radical (unpaired) electrons. The first-order valence-electron chi connectivity index (χ1n) is 14.0. The summed E-state index contributed by atoms with van der Waals surface area (Å²) < 4.78 is 66.9. The van der Waals surface area contributed by atoms with Gasteiger partial charge in [0.05, 0.1) is 41.1 Å². The van der Waals surface area contributed by atoms with E-state index in [1.165, 1.54) is 18.3 Å². The SMILES string of the molecule is CC(C)(C)S(=O)(=O)NC1(c2ccc(-c3ccc4nc5n(c4c3)[C@@H]3C[C@H]5NC(=O)c4cccc(OC(F)F)c43)c[n+]2[O-])COC1. The summed E-state index contributed by atoms with van der Waals surface area (Å²) in [5.74, 6) is 0.147. The van der Waals surface area contributed by atoms with Crippen LogP contribution in [0.25, 0.3) is 22.2 Å². The number of imidazole rings is 1. The predicted octanol–water partition coefficient (Wildman–Crippen LogP) is 3.66. The summed E-state index contributed by atoms with van der Waals surface area (Å²) in [6.45, 7) is 1.72. The highest BCUT2D eigenvalue weighted by Gasteiger charge is 2.51. The Bertz CT molecular complexity index is 1950. The van der Waals surface area contributed by atoms with E-state index < -0.39 is 39.0 Å². The summed E-state index contributed by atoms with van der Waals surface area (Å²) in [5, 5.41) is 16.3. The lowest BCUT2D eigenvalue weighted by Gasteiger charge is -2.41. The van der Waals surface area contributed by atoms with Gasteiger partial charge in [0.15, 0.2) is 11.7 Å². The number of rotatable bonds is 6. The summed E-state index contributed by atoms with van der Waals surface area (Å²) in [6, 6.07) is 12.4. The van der Waals surface area contributed by atoms with Gasteiger partial charge in [-0.1, -0.05) is 12.1 Å². The van der Waals surface area contributed by atoms with Crippen molar-refractivity contribution in [1.82, 2.24) is 19.6 Å². The smallest absolute Gasteiger partial charge is 0.387 e. The first-order chi connectivity index (χ1) is 20.8. The number of carbonyl (C=O) groups excluding carboxylic acids is 1. The monoisotopic (exact) mass is 625 g/mol. The number of aromatic nitrogens is 3. The third-order valence-electron chi connectivity index (χ3n) is 8.54. The Hall–Kier alpha value is -4.14. The standard InChI is InChI=1S/C30H29F2N5O6S/c1-29(2,3)44(40,41)35-30(14-42-15-30)24-10-8-17(13-36(24)39)16-7-9-19-21(11-16)37-22-12-20(26(37)33-19)34-27(38)18-5-4-6-23(25(18)22)43-28(31)32/h4-11,13,20,22,28,35H,12,14-15H2,1-3H3,(H,34,38)/t20-,22-/m1/s1. The largest absolute Gasteiger partial charge is 0.618 e. The van der Waals surface area contributed by atoms with Crippen molar-refractivity contribution >= 4 is 27.0 Å². The Balaban J connectivity index is 1.29. The minimum absolute atomic E-state index is 0.0235. The average molecular weight is 626 g/mol. The molecule has 3 aliphatic heterocycles. The van der Waals surface area contributed by atoms with E-state index in [-0.39, 0.29) is 36.1 Å². The van der Waals surface area contributed by atoms with Crippen LogP contribution in [-0.2, 0) is 20.3 Å². The summed E-state index contributed by atoms with van der Waals surface area (Å²) in [4.78, 5) is 17.8. The molecule has 0 unspecified atom stereocenters. The van der Waals surface area contributed by atoms with Crippen molar-refractivity contribution in [2.75, 3.05) is 13.2 Å². The molecule has 4 aromatic rings. The van der Waals surface area contributed by atoms with Crippen LogP contribution >= 0.6 is 0 Å². The first-order valence-corrected chi connectivity index (χ1v) is 15.5. The average Bonchev–Trinajstić information content (AvgIpc) is 3.42. The number of sulfonamides is 1. The van der Waals surface area contributed by atoms with E-state index in [1.807, 2.05) is 16.7 Å². The van der Waals surface area contributed by atoms with Crippen molar-refractivity contribution < 1.29 is 36.2 Å². The second-order valence-electron chi connectivity index (χ2n) is 12.3. The van der Waals surface area contributed by atoms with Crippen LogP contribution in [0.2, 0.25) is 0 Å². The molecule has 0 spiro atoms. The van der Waals surface area contributed by atoms with E-state index in [0.717, 1.165) is 0 Å². The molecule has 2 atom stereocenters. The zero-order chi connectivity index (χ0) is 31.2. The molecule has 230 valence electrons. The summed E-state index contributed by atoms with van der Waals surface area (Å²) in [6.07, 6.45) is 1.80. The normalized spacial score (nSPS) is 20.5. The Morgan fingerprint density at radius 2 is 1.93 bits per heavy atom. The number of amides is 1. The van der Waals surface area contributed by atoms with E-state index in [4.69, 9.17) is 14.5 Å². The van der Waals surface area contributed by atoms with Crippen LogP contribution < -0.4 is 19.5 Å². The molecule has 2 aromatic heterocycles. The van der Waals surface area contributed by atoms with Gasteiger partial charge < -0.3 is 24.6 Å². The second-order valence-corrected chi connectivity index (χ2v) is 14.8. The molecular weight excluding hydrogens is 596 g/mol. The molecule has 1 saturated heterocycles. The fourth-order valence-corrected chi connectivity index (χ4v) is 7.23. The van der Waals surface area contributed by atoms with Crippen molar-refractivity contribution in [3.05, 3.63) is 82.6 Å². The van der Waals surface area contributed by atoms with Crippen LogP contribution in [0.1, 0.15) is 66.7 Å². The lowest BCUT2D eigenvalue weighted by molar-refractivity contribution is -0.620. The number of alkyl halides is 2. The zero-order valence-electron chi connectivity index (χ0n) is 24.0. The lowest BCUT2D eigenvalue weighted by atomic mass is 9.93. The Kier molecular flexibility index (Phi) is 6.30. The van der Waals surface area contributed by atoms with Crippen molar-refractivity contribution in [3.8, 4) is 16.9 Å². The number of fused-ring (bicyclic) bond motifs is 9. The van der Waals surface area contributed by atoms with Gasteiger partial charge in [-0.3, -0.25) is 4.79 Å². The topological polar surface area (TPSA) is 138 Å². The molecule has 44 heavy (non-hydrogen) atoms. The van der Waals surface area contributed by atoms with E-state index in [0.29, 0.717) is 44.7 Å². The van der Waals surface area contributed by atoms with Gasteiger partial charge in [-0.2, -0.15) is 18.2 Å². The van der Waals surface area contributed by atoms with Crippen LogP contribution in [0, 0.1) is 5.21 Å². The Morgan fingerprint density at radius 3 is 2.59 bits per heavy atom. The van der Waals surface area contributed by atoms with Crippen LogP contribution in [-0.4, -0.2) is 48.4 Å². The van der Waals surface area contributed by atoms with E-state index in [1.54, 1.807) is 45.0 Å². The maximum Gasteiger partial charge on any atom is 0.387 e. The Morgan fingerprint density at radius 1 is 1.18 bits per heavy atom. The number of nitrogens with one attached hydrogen (secondary N) is 2. The molecule has 1 amide bonds. The highest BCUT2D eigenvalue weighted by molar-refractivity contribution is 7.90.